The zero-order chi connectivity index (χ0) is 19.4. The number of carboxylic acid groups (broad SMARTS) is 1. The van der Waals surface area contributed by atoms with Crippen LogP contribution in [-0.2, 0) is 6.42 Å². The van der Waals surface area contributed by atoms with Gasteiger partial charge in [0.25, 0.3) is 5.91 Å². The molecule has 1 aromatic rings. The topological polar surface area (TPSA) is 86.6 Å². The van der Waals surface area contributed by atoms with Gasteiger partial charge in [-0.1, -0.05) is 34.1 Å². The summed E-state index contributed by atoms with van der Waals surface area (Å²) in [6.07, 6.45) is 1.61. The number of aromatic nitrogens is 2. The Bertz CT molecular complexity index is 658. The van der Waals surface area contributed by atoms with Crippen molar-refractivity contribution in [3.8, 4) is 0 Å². The summed E-state index contributed by atoms with van der Waals surface area (Å²) >= 11 is 0. The van der Waals surface area contributed by atoms with Crippen LogP contribution in [0.5, 0.6) is 0 Å². The number of carbonyl (C=O) groups excluding carboxylic acids is 1. The van der Waals surface area contributed by atoms with Crippen molar-refractivity contribution < 1.29 is 14.7 Å². The van der Waals surface area contributed by atoms with Gasteiger partial charge in [0, 0.05) is 25.7 Å². The summed E-state index contributed by atoms with van der Waals surface area (Å²) < 4.78 is 0. The Morgan fingerprint density at radius 1 is 1.27 bits per heavy atom. The molecule has 1 N–H and O–H groups in total. The summed E-state index contributed by atoms with van der Waals surface area (Å²) in [6, 6.07) is 1.93. The molecule has 2 atom stereocenters. The fourth-order valence-electron chi connectivity index (χ4n) is 3.44. The maximum absolute atomic E-state index is 12.9. The molecule has 0 radical (unpaired) electrons. The highest BCUT2D eigenvalue weighted by Gasteiger charge is 2.31. The molecule has 144 valence electrons. The Kier molecular flexibility index (Phi) is 6.69. The number of piperazine rings is 1. The van der Waals surface area contributed by atoms with Gasteiger partial charge in [0.05, 0.1) is 0 Å². The van der Waals surface area contributed by atoms with E-state index in [2.05, 4.69) is 36.0 Å². The molecule has 7 nitrogen and oxygen atoms in total. The van der Waals surface area contributed by atoms with E-state index in [1.807, 2.05) is 18.7 Å². The Balaban J connectivity index is 2.24. The highest BCUT2D eigenvalue weighted by molar-refractivity contribution is 5.94. The first-order chi connectivity index (χ1) is 12.2. The molecule has 0 bridgehead atoms. The van der Waals surface area contributed by atoms with Crippen LogP contribution in [0.1, 0.15) is 60.7 Å². The molecule has 1 aliphatic heterocycles. The van der Waals surface area contributed by atoms with E-state index in [9.17, 15) is 14.7 Å². The number of rotatable bonds is 6. The van der Waals surface area contributed by atoms with Gasteiger partial charge in [-0.15, -0.1) is 10.2 Å². The number of carbonyl (C=O) groups is 2. The van der Waals surface area contributed by atoms with Crippen LogP contribution in [0.4, 0.5) is 0 Å². The quantitative estimate of drug-likeness (QED) is 0.835. The molecule has 1 amide bonds. The predicted molar refractivity (Wildman–Crippen MR) is 99.3 cm³/mol. The van der Waals surface area contributed by atoms with Gasteiger partial charge in [0.1, 0.15) is 0 Å². The molecular weight excluding hydrogens is 332 g/mol. The number of hydrogen-bond donors (Lipinski definition) is 1. The van der Waals surface area contributed by atoms with Crippen molar-refractivity contribution in [2.75, 3.05) is 26.7 Å². The molecular formula is C19H30N4O3. The highest BCUT2D eigenvalue weighted by atomic mass is 16.4. The van der Waals surface area contributed by atoms with E-state index < -0.39 is 5.97 Å². The normalized spacial score (nSPS) is 19.6. The Hall–Kier alpha value is -2.02. The third-order valence-corrected chi connectivity index (χ3v) is 5.21. The van der Waals surface area contributed by atoms with Crippen molar-refractivity contribution in [3.63, 3.8) is 0 Å². The van der Waals surface area contributed by atoms with Crippen LogP contribution in [0.15, 0.2) is 6.07 Å². The standard InChI is InChI=1S/C19H30N4O3/c1-6-13(4)16-11-23(8-7-22(16)5)18(24)15-10-14(9-12(2)3)17(19(25)26)21-20-15/h10,12-13,16H,6-9,11H2,1-5H3,(H,25,26). The van der Waals surface area contributed by atoms with Gasteiger partial charge in [-0.2, -0.15) is 0 Å². The Labute approximate surface area is 155 Å². The van der Waals surface area contributed by atoms with Crippen molar-refractivity contribution in [1.82, 2.24) is 20.0 Å². The minimum atomic E-state index is -1.11. The van der Waals surface area contributed by atoms with Gasteiger partial charge in [-0.3, -0.25) is 9.69 Å². The first kappa shape index (κ1) is 20.3. The summed E-state index contributed by atoms with van der Waals surface area (Å²) in [5.74, 6) is -0.518. The second-order valence-electron chi connectivity index (χ2n) is 7.69. The molecule has 1 aliphatic rings. The summed E-state index contributed by atoms with van der Waals surface area (Å²) in [4.78, 5) is 28.4. The van der Waals surface area contributed by atoms with E-state index in [0.717, 1.165) is 13.0 Å². The van der Waals surface area contributed by atoms with Crippen molar-refractivity contribution in [2.24, 2.45) is 11.8 Å². The van der Waals surface area contributed by atoms with Gasteiger partial charge in [0.15, 0.2) is 11.4 Å². The van der Waals surface area contributed by atoms with Gasteiger partial charge >= 0.3 is 5.97 Å². The monoisotopic (exact) mass is 362 g/mol. The minimum Gasteiger partial charge on any atom is -0.476 e. The SMILES string of the molecule is CCC(C)C1CN(C(=O)c2cc(CC(C)C)c(C(=O)O)nn2)CCN1C. The first-order valence-electron chi connectivity index (χ1n) is 9.33. The van der Waals surface area contributed by atoms with Crippen LogP contribution in [0, 0.1) is 11.8 Å². The second-order valence-corrected chi connectivity index (χ2v) is 7.69. The lowest BCUT2D eigenvalue weighted by Gasteiger charge is -2.42. The number of carboxylic acids is 1. The molecule has 2 heterocycles. The average molecular weight is 362 g/mol. The molecule has 1 aromatic heterocycles. The number of amides is 1. The van der Waals surface area contributed by atoms with Gasteiger partial charge < -0.3 is 10.0 Å². The summed E-state index contributed by atoms with van der Waals surface area (Å²) in [5, 5.41) is 17.0. The zero-order valence-corrected chi connectivity index (χ0v) is 16.4. The summed E-state index contributed by atoms with van der Waals surface area (Å²) in [5.41, 5.74) is 0.739. The number of likely N-dealkylation sites (N-methyl/N-ethyl adjacent to an activating group) is 1. The van der Waals surface area contributed by atoms with Crippen LogP contribution in [0.25, 0.3) is 0 Å². The van der Waals surface area contributed by atoms with E-state index in [0.29, 0.717) is 37.0 Å². The maximum atomic E-state index is 12.9. The molecule has 0 saturated carbocycles. The molecule has 26 heavy (non-hydrogen) atoms. The molecule has 1 saturated heterocycles. The molecule has 2 rings (SSSR count). The molecule has 1 fully saturated rings. The van der Waals surface area contributed by atoms with Crippen LogP contribution >= 0.6 is 0 Å². The lowest BCUT2D eigenvalue weighted by atomic mass is 9.95. The highest BCUT2D eigenvalue weighted by Crippen LogP contribution is 2.20. The smallest absolute Gasteiger partial charge is 0.356 e. The van der Waals surface area contributed by atoms with E-state index >= 15 is 0 Å². The average Bonchev–Trinajstić information content (AvgIpc) is 2.60. The molecule has 0 aromatic carbocycles. The van der Waals surface area contributed by atoms with Crippen molar-refractivity contribution in [1.29, 1.82) is 0 Å². The number of nitrogens with zero attached hydrogens (tertiary/aromatic N) is 4. The van der Waals surface area contributed by atoms with Crippen LogP contribution in [0.2, 0.25) is 0 Å². The van der Waals surface area contributed by atoms with E-state index in [-0.39, 0.29) is 23.2 Å². The Morgan fingerprint density at radius 2 is 1.96 bits per heavy atom. The van der Waals surface area contributed by atoms with Crippen molar-refractivity contribution >= 4 is 11.9 Å². The van der Waals surface area contributed by atoms with Crippen LogP contribution in [0.3, 0.4) is 0 Å². The third kappa shape index (κ3) is 4.58. The number of hydrogen-bond acceptors (Lipinski definition) is 5. The lowest BCUT2D eigenvalue weighted by molar-refractivity contribution is 0.0435. The zero-order valence-electron chi connectivity index (χ0n) is 16.4. The van der Waals surface area contributed by atoms with Gasteiger partial charge in [-0.05, 0) is 36.9 Å². The molecule has 0 spiro atoms. The lowest BCUT2D eigenvalue weighted by Crippen LogP contribution is -2.55. The molecule has 2 unspecified atom stereocenters. The summed E-state index contributed by atoms with van der Waals surface area (Å²) in [7, 11) is 2.10. The Morgan fingerprint density at radius 3 is 2.54 bits per heavy atom. The fourth-order valence-corrected chi connectivity index (χ4v) is 3.44. The van der Waals surface area contributed by atoms with Crippen LogP contribution in [-0.4, -0.2) is 69.7 Å². The molecule has 7 heteroatoms. The van der Waals surface area contributed by atoms with Crippen LogP contribution < -0.4 is 0 Å². The van der Waals surface area contributed by atoms with Gasteiger partial charge in [-0.25, -0.2) is 4.79 Å². The number of aromatic carboxylic acids is 1. The van der Waals surface area contributed by atoms with Crippen molar-refractivity contribution in [3.05, 3.63) is 23.0 Å². The third-order valence-electron chi connectivity index (χ3n) is 5.21. The van der Waals surface area contributed by atoms with Gasteiger partial charge in [0.2, 0.25) is 0 Å². The van der Waals surface area contributed by atoms with E-state index in [1.54, 1.807) is 6.07 Å². The summed E-state index contributed by atoms with van der Waals surface area (Å²) in [6.45, 7) is 10.5. The van der Waals surface area contributed by atoms with E-state index in [4.69, 9.17) is 0 Å². The maximum Gasteiger partial charge on any atom is 0.356 e. The van der Waals surface area contributed by atoms with Crippen molar-refractivity contribution in [2.45, 2.75) is 46.6 Å². The molecule has 0 aliphatic carbocycles. The second kappa shape index (κ2) is 8.58. The fraction of sp³-hybridized carbons (Fsp3) is 0.684. The predicted octanol–water partition coefficient (Wildman–Crippen LogP) is 2.18. The first-order valence-corrected chi connectivity index (χ1v) is 9.33. The largest absolute Gasteiger partial charge is 0.476 e. The van der Waals surface area contributed by atoms with E-state index in [1.165, 1.54) is 0 Å². The minimum absolute atomic E-state index is 0.0638.